The molecule has 0 unspecified atom stereocenters. The predicted molar refractivity (Wildman–Crippen MR) is 65.0 cm³/mol. The van der Waals surface area contributed by atoms with E-state index in [0.29, 0.717) is 0 Å². The lowest BCUT2D eigenvalue weighted by atomic mass is 10.0. The molecule has 3 rings (SSSR count). The van der Waals surface area contributed by atoms with Gasteiger partial charge in [0, 0.05) is 25.5 Å². The predicted octanol–water partition coefficient (Wildman–Crippen LogP) is 2.50. The van der Waals surface area contributed by atoms with E-state index in [9.17, 15) is 0 Å². The maximum absolute atomic E-state index is 4.24. The molecule has 0 N–H and O–H groups in total. The third kappa shape index (κ3) is 1.48. The topological polar surface area (TPSA) is 21.1 Å². The lowest BCUT2D eigenvalue weighted by Gasteiger charge is -2.29. The lowest BCUT2D eigenvalue weighted by molar-refractivity contribution is 0.759. The molecular formula is C13H15N3. The summed E-state index contributed by atoms with van der Waals surface area (Å²) in [5.74, 6) is 0. The Balaban J connectivity index is 2.04. The molecule has 1 aromatic carbocycles. The van der Waals surface area contributed by atoms with E-state index >= 15 is 0 Å². The van der Waals surface area contributed by atoms with Crippen LogP contribution in [0.3, 0.4) is 0 Å². The monoisotopic (exact) mass is 213 g/mol. The zero-order valence-electron chi connectivity index (χ0n) is 9.43. The molecule has 0 radical (unpaired) electrons. The number of fused-ring (bicyclic) bond motifs is 1. The van der Waals surface area contributed by atoms with Crippen LogP contribution in [0.15, 0.2) is 36.7 Å². The minimum Gasteiger partial charge on any atom is -0.339 e. The summed E-state index contributed by atoms with van der Waals surface area (Å²) in [4.78, 5) is 2.35. The third-order valence-electron chi connectivity index (χ3n) is 3.11. The fourth-order valence-corrected chi connectivity index (χ4v) is 2.35. The number of aryl methyl sites for hydroxylation is 2. The number of hydrogen-bond donors (Lipinski definition) is 0. The van der Waals surface area contributed by atoms with Crippen molar-refractivity contribution < 1.29 is 0 Å². The Morgan fingerprint density at radius 3 is 2.94 bits per heavy atom. The maximum Gasteiger partial charge on any atom is 0.0796 e. The molecule has 3 heteroatoms. The highest BCUT2D eigenvalue weighted by Gasteiger charge is 2.18. The van der Waals surface area contributed by atoms with Crippen LogP contribution in [0.4, 0.5) is 11.4 Å². The van der Waals surface area contributed by atoms with Crippen LogP contribution >= 0.6 is 0 Å². The minimum atomic E-state index is 1.09. The fourth-order valence-electron chi connectivity index (χ4n) is 2.35. The molecule has 0 spiro atoms. The molecule has 0 atom stereocenters. The van der Waals surface area contributed by atoms with E-state index < -0.39 is 0 Å². The Labute approximate surface area is 95.3 Å². The van der Waals surface area contributed by atoms with Gasteiger partial charge in [-0.15, -0.1) is 0 Å². The molecule has 2 aromatic rings. The van der Waals surface area contributed by atoms with E-state index in [1.807, 2.05) is 17.9 Å². The summed E-state index contributed by atoms with van der Waals surface area (Å²) in [6, 6.07) is 8.64. The van der Waals surface area contributed by atoms with Gasteiger partial charge in [-0.1, -0.05) is 18.2 Å². The molecule has 1 aliphatic rings. The fraction of sp³-hybridized carbons (Fsp3) is 0.308. The molecule has 3 nitrogen and oxygen atoms in total. The summed E-state index contributed by atoms with van der Waals surface area (Å²) in [5.41, 5.74) is 3.97. The number of hydrogen-bond acceptors (Lipinski definition) is 2. The highest BCUT2D eigenvalue weighted by Crippen LogP contribution is 2.32. The van der Waals surface area contributed by atoms with Gasteiger partial charge in [0.05, 0.1) is 11.9 Å². The van der Waals surface area contributed by atoms with E-state index in [0.717, 1.165) is 6.54 Å². The van der Waals surface area contributed by atoms with Gasteiger partial charge in [-0.2, -0.15) is 5.10 Å². The number of para-hydroxylation sites is 1. The van der Waals surface area contributed by atoms with Gasteiger partial charge in [0.1, 0.15) is 0 Å². The van der Waals surface area contributed by atoms with Crippen molar-refractivity contribution in [1.82, 2.24) is 9.78 Å². The molecule has 1 aliphatic heterocycles. The van der Waals surface area contributed by atoms with Crippen molar-refractivity contribution in [3.05, 3.63) is 42.2 Å². The van der Waals surface area contributed by atoms with Crippen LogP contribution in [0.1, 0.15) is 12.0 Å². The summed E-state index contributed by atoms with van der Waals surface area (Å²) in [6.07, 6.45) is 6.41. The van der Waals surface area contributed by atoms with Crippen LogP contribution in [0.5, 0.6) is 0 Å². The molecule has 1 aromatic heterocycles. The summed E-state index contributed by atoms with van der Waals surface area (Å²) < 4.78 is 1.85. The first kappa shape index (κ1) is 9.46. The van der Waals surface area contributed by atoms with Crippen molar-refractivity contribution in [3.8, 4) is 0 Å². The standard InChI is InChI=1S/C13H15N3/c1-15-10-12(9-14-15)16-8-4-6-11-5-2-3-7-13(11)16/h2-3,5,7,9-10H,4,6,8H2,1H3. The second-order valence-corrected chi connectivity index (χ2v) is 4.26. The quantitative estimate of drug-likeness (QED) is 0.725. The van der Waals surface area contributed by atoms with E-state index in [1.54, 1.807) is 0 Å². The van der Waals surface area contributed by atoms with Crippen molar-refractivity contribution in [2.75, 3.05) is 11.4 Å². The molecule has 0 aliphatic carbocycles. The normalized spacial score (nSPS) is 14.9. The Bertz CT molecular complexity index is 501. The van der Waals surface area contributed by atoms with E-state index in [4.69, 9.17) is 0 Å². The summed E-state index contributed by atoms with van der Waals surface area (Å²) >= 11 is 0. The third-order valence-corrected chi connectivity index (χ3v) is 3.11. The van der Waals surface area contributed by atoms with Gasteiger partial charge in [0.25, 0.3) is 0 Å². The Morgan fingerprint density at radius 1 is 1.25 bits per heavy atom. The molecular weight excluding hydrogens is 198 g/mol. The molecule has 0 bridgehead atoms. The van der Waals surface area contributed by atoms with Gasteiger partial charge in [-0.3, -0.25) is 4.68 Å². The Morgan fingerprint density at radius 2 is 2.12 bits per heavy atom. The van der Waals surface area contributed by atoms with Gasteiger partial charge in [0.15, 0.2) is 0 Å². The van der Waals surface area contributed by atoms with Crippen LogP contribution in [-0.4, -0.2) is 16.3 Å². The highest BCUT2D eigenvalue weighted by atomic mass is 15.3. The zero-order valence-corrected chi connectivity index (χ0v) is 9.43. The number of aromatic nitrogens is 2. The van der Waals surface area contributed by atoms with Crippen LogP contribution in [0.2, 0.25) is 0 Å². The number of nitrogens with zero attached hydrogens (tertiary/aromatic N) is 3. The summed E-state index contributed by atoms with van der Waals surface area (Å²) in [5, 5.41) is 4.24. The van der Waals surface area contributed by atoms with Gasteiger partial charge < -0.3 is 4.90 Å². The van der Waals surface area contributed by atoms with Gasteiger partial charge in [0.2, 0.25) is 0 Å². The summed E-state index contributed by atoms with van der Waals surface area (Å²) in [7, 11) is 1.96. The van der Waals surface area contributed by atoms with Crippen LogP contribution in [0, 0.1) is 0 Å². The zero-order chi connectivity index (χ0) is 11.0. The second-order valence-electron chi connectivity index (χ2n) is 4.26. The Kier molecular flexibility index (Phi) is 2.17. The van der Waals surface area contributed by atoms with Crippen LogP contribution in [0.25, 0.3) is 0 Å². The Hall–Kier alpha value is -1.77. The lowest BCUT2D eigenvalue weighted by Crippen LogP contribution is -2.23. The van der Waals surface area contributed by atoms with Crippen molar-refractivity contribution in [3.63, 3.8) is 0 Å². The number of benzene rings is 1. The molecule has 82 valence electrons. The van der Waals surface area contributed by atoms with Crippen molar-refractivity contribution in [2.45, 2.75) is 12.8 Å². The first-order valence-electron chi connectivity index (χ1n) is 5.69. The average molecular weight is 213 g/mol. The second kappa shape index (κ2) is 3.67. The smallest absolute Gasteiger partial charge is 0.0796 e. The van der Waals surface area contributed by atoms with Crippen LogP contribution in [-0.2, 0) is 13.5 Å². The minimum absolute atomic E-state index is 1.09. The number of rotatable bonds is 1. The van der Waals surface area contributed by atoms with E-state index in [1.165, 1.54) is 29.8 Å². The molecule has 2 heterocycles. The molecule has 16 heavy (non-hydrogen) atoms. The van der Waals surface area contributed by atoms with Gasteiger partial charge >= 0.3 is 0 Å². The first-order valence-corrected chi connectivity index (χ1v) is 5.69. The van der Waals surface area contributed by atoms with E-state index in [2.05, 4.69) is 40.5 Å². The van der Waals surface area contributed by atoms with Gasteiger partial charge in [-0.25, -0.2) is 0 Å². The van der Waals surface area contributed by atoms with Crippen molar-refractivity contribution in [1.29, 1.82) is 0 Å². The molecule has 0 amide bonds. The summed E-state index contributed by atoms with van der Waals surface area (Å²) in [6.45, 7) is 1.09. The maximum atomic E-state index is 4.24. The highest BCUT2D eigenvalue weighted by molar-refractivity contribution is 5.66. The van der Waals surface area contributed by atoms with E-state index in [-0.39, 0.29) is 0 Å². The van der Waals surface area contributed by atoms with Gasteiger partial charge in [-0.05, 0) is 24.5 Å². The average Bonchev–Trinajstić information content (AvgIpc) is 2.75. The first-order chi connectivity index (χ1) is 7.84. The van der Waals surface area contributed by atoms with Crippen molar-refractivity contribution in [2.24, 2.45) is 7.05 Å². The molecule has 0 saturated carbocycles. The SMILES string of the molecule is Cn1cc(N2CCCc3ccccc32)cn1. The van der Waals surface area contributed by atoms with Crippen molar-refractivity contribution >= 4 is 11.4 Å². The van der Waals surface area contributed by atoms with Crippen LogP contribution < -0.4 is 4.90 Å². The molecule has 0 fully saturated rings. The number of anilines is 2. The molecule has 0 saturated heterocycles. The largest absolute Gasteiger partial charge is 0.339 e.